The largest absolute Gasteiger partial charge is 0.508 e. The molecule has 170 valence electrons. The number of fused-ring (bicyclic) bond motifs is 3. The number of hydrogen-bond acceptors (Lipinski definition) is 8. The number of carbonyl (C=O) groups excluding carboxylic acids is 3. The van der Waals surface area contributed by atoms with Crippen LogP contribution in [0.25, 0.3) is 16.2 Å². The number of aliphatic hydroxyl groups excluding tert-OH is 2. The summed E-state index contributed by atoms with van der Waals surface area (Å²) in [5, 5.41) is 43.4. The van der Waals surface area contributed by atoms with Gasteiger partial charge in [0, 0.05) is 22.8 Å². The van der Waals surface area contributed by atoms with Crippen molar-refractivity contribution in [2.24, 2.45) is 17.6 Å². The summed E-state index contributed by atoms with van der Waals surface area (Å²) in [5.41, 5.74) is 3.05. The first kappa shape index (κ1) is 21.7. The lowest BCUT2D eigenvalue weighted by Gasteiger charge is -2.46. The number of aromatic hydroxyl groups is 1. The molecule has 6 N–H and O–H groups in total. The predicted molar refractivity (Wildman–Crippen MR) is 120 cm³/mol. The van der Waals surface area contributed by atoms with Crippen molar-refractivity contribution in [2.75, 3.05) is 0 Å². The van der Waals surface area contributed by atoms with Crippen molar-refractivity contribution in [2.45, 2.75) is 24.9 Å². The summed E-state index contributed by atoms with van der Waals surface area (Å²) in [6.07, 6.45) is -0.0216. The molecule has 0 aliphatic heterocycles. The molecule has 0 saturated heterocycles. The lowest BCUT2D eigenvalue weighted by molar-refractivity contribution is -0.147. The molecule has 2 aromatic rings. The normalized spacial score (nSPS) is 26.7. The van der Waals surface area contributed by atoms with Crippen molar-refractivity contribution >= 4 is 46.2 Å². The lowest BCUT2D eigenvalue weighted by atomic mass is 9.59. The summed E-state index contributed by atoms with van der Waals surface area (Å²) >= 11 is 7.40. The van der Waals surface area contributed by atoms with Gasteiger partial charge in [0.2, 0.25) is 5.78 Å². The molecule has 3 aliphatic carbocycles. The number of phenolic OH excluding ortho intramolecular Hbond substituents is 1. The SMILES string of the molecule is NC(=O)C1=C(O)[C@@]2(O)C(=O)C3=C(O)c4c(O)ccc(-c5ccc(Cl)s5)c4C[C@H]3C[C@H]2CC1=O. The van der Waals surface area contributed by atoms with Crippen molar-refractivity contribution in [3.63, 3.8) is 0 Å². The molecule has 1 amide bonds. The molecule has 3 aliphatic rings. The van der Waals surface area contributed by atoms with Crippen LogP contribution in [0.3, 0.4) is 0 Å². The van der Waals surface area contributed by atoms with Gasteiger partial charge in [0.15, 0.2) is 11.4 Å². The number of aliphatic hydroxyl groups is 3. The van der Waals surface area contributed by atoms with Gasteiger partial charge in [-0.05, 0) is 54.2 Å². The highest BCUT2D eigenvalue weighted by Gasteiger charge is 2.60. The lowest BCUT2D eigenvalue weighted by Crippen LogP contribution is -2.58. The molecule has 1 saturated carbocycles. The number of Topliss-reactive ketones (excluding diaryl/α,β-unsaturated/α-hetero) is 2. The number of ketones is 2. The Balaban J connectivity index is 1.71. The number of benzene rings is 1. The van der Waals surface area contributed by atoms with E-state index in [2.05, 4.69) is 0 Å². The van der Waals surface area contributed by atoms with E-state index in [4.69, 9.17) is 17.3 Å². The average Bonchev–Trinajstić information content (AvgIpc) is 3.16. The van der Waals surface area contributed by atoms with E-state index in [-0.39, 0.29) is 36.1 Å². The molecule has 5 rings (SSSR count). The van der Waals surface area contributed by atoms with Gasteiger partial charge in [0.05, 0.1) is 9.90 Å². The van der Waals surface area contributed by atoms with Crippen molar-refractivity contribution in [3.05, 3.63) is 56.6 Å². The molecule has 8 nitrogen and oxygen atoms in total. The summed E-state index contributed by atoms with van der Waals surface area (Å²) in [5.74, 6) is -6.44. The Bertz CT molecular complexity index is 1340. The Kier molecular flexibility index (Phi) is 4.72. The van der Waals surface area contributed by atoms with E-state index in [1.54, 1.807) is 12.1 Å². The van der Waals surface area contributed by atoms with Gasteiger partial charge in [-0.3, -0.25) is 14.4 Å². The number of thiophene rings is 1. The molecule has 10 heteroatoms. The molecular formula is C23H18ClNO7S. The topological polar surface area (TPSA) is 158 Å². The number of carbonyl (C=O) groups is 3. The van der Waals surface area contributed by atoms with Gasteiger partial charge in [-0.1, -0.05) is 11.6 Å². The summed E-state index contributed by atoms with van der Waals surface area (Å²) in [6, 6.07) is 6.64. The molecule has 33 heavy (non-hydrogen) atoms. The third-order valence-corrected chi connectivity index (χ3v) is 8.05. The maximum Gasteiger partial charge on any atom is 0.255 e. The van der Waals surface area contributed by atoms with Crippen LogP contribution in [0.5, 0.6) is 5.75 Å². The van der Waals surface area contributed by atoms with Crippen LogP contribution in [-0.4, -0.2) is 43.5 Å². The molecule has 0 unspecified atom stereocenters. The van der Waals surface area contributed by atoms with E-state index in [9.17, 15) is 34.8 Å². The van der Waals surface area contributed by atoms with Gasteiger partial charge >= 0.3 is 0 Å². The second-order valence-corrected chi connectivity index (χ2v) is 10.2. The van der Waals surface area contributed by atoms with Gasteiger partial charge in [-0.15, -0.1) is 11.3 Å². The van der Waals surface area contributed by atoms with Crippen LogP contribution >= 0.6 is 22.9 Å². The molecule has 0 bridgehead atoms. The van der Waals surface area contributed by atoms with Crippen LogP contribution < -0.4 is 5.73 Å². The fraction of sp³-hybridized carbons (Fsp3) is 0.261. The van der Waals surface area contributed by atoms with Crippen LogP contribution in [0.1, 0.15) is 24.0 Å². The second-order valence-electron chi connectivity index (χ2n) is 8.50. The minimum absolute atomic E-state index is 0.0594. The highest BCUT2D eigenvalue weighted by atomic mass is 35.5. The van der Waals surface area contributed by atoms with E-state index in [0.717, 1.165) is 10.4 Å². The molecule has 0 spiro atoms. The maximum absolute atomic E-state index is 13.5. The molecule has 1 aromatic carbocycles. The van der Waals surface area contributed by atoms with Crippen LogP contribution in [0.15, 0.2) is 41.2 Å². The highest BCUT2D eigenvalue weighted by Crippen LogP contribution is 2.53. The first-order valence-electron chi connectivity index (χ1n) is 10.1. The number of hydrogen-bond donors (Lipinski definition) is 5. The zero-order valence-electron chi connectivity index (χ0n) is 17.0. The molecule has 3 atom stereocenters. The number of halogens is 1. The molecule has 1 aromatic heterocycles. The van der Waals surface area contributed by atoms with E-state index in [1.807, 2.05) is 6.07 Å². The zero-order chi connectivity index (χ0) is 23.8. The van der Waals surface area contributed by atoms with Crippen molar-refractivity contribution < 1.29 is 34.8 Å². The summed E-state index contributed by atoms with van der Waals surface area (Å²) in [4.78, 5) is 38.4. The third-order valence-electron chi connectivity index (χ3n) is 6.79. The van der Waals surface area contributed by atoms with E-state index >= 15 is 0 Å². The average molecular weight is 488 g/mol. The van der Waals surface area contributed by atoms with Gasteiger partial charge in [-0.25, -0.2) is 0 Å². The highest BCUT2D eigenvalue weighted by molar-refractivity contribution is 7.19. The van der Waals surface area contributed by atoms with Crippen LogP contribution in [0, 0.1) is 11.8 Å². The minimum Gasteiger partial charge on any atom is -0.508 e. The van der Waals surface area contributed by atoms with Crippen LogP contribution in [-0.2, 0) is 20.8 Å². The molecule has 0 radical (unpaired) electrons. The van der Waals surface area contributed by atoms with Crippen molar-refractivity contribution in [3.8, 4) is 16.2 Å². The monoisotopic (exact) mass is 487 g/mol. The number of rotatable bonds is 2. The summed E-state index contributed by atoms with van der Waals surface area (Å²) in [7, 11) is 0. The fourth-order valence-corrected chi connectivity index (χ4v) is 6.41. The number of amides is 1. The summed E-state index contributed by atoms with van der Waals surface area (Å²) < 4.78 is 0.564. The standard InChI is InChI=1S/C23H18ClNO7S/c24-15-4-3-14(33-15)10-1-2-12(26)17-11(10)6-8-5-9-7-13(27)18(22(25)31)21(30)23(9,32)20(29)16(8)19(17)28/h1-4,8-9,26,28,30,32H,5-7H2,(H2,25,31)/t8-,9+,23+/m1/s1. The van der Waals surface area contributed by atoms with Crippen molar-refractivity contribution in [1.82, 2.24) is 0 Å². The predicted octanol–water partition coefficient (Wildman–Crippen LogP) is 2.81. The Morgan fingerprint density at radius 1 is 1.12 bits per heavy atom. The van der Waals surface area contributed by atoms with Crippen LogP contribution in [0.4, 0.5) is 0 Å². The van der Waals surface area contributed by atoms with E-state index in [1.165, 1.54) is 17.4 Å². The van der Waals surface area contributed by atoms with Gasteiger partial charge in [-0.2, -0.15) is 0 Å². The van der Waals surface area contributed by atoms with Gasteiger partial charge in [0.1, 0.15) is 22.8 Å². The molecule has 1 fully saturated rings. The minimum atomic E-state index is -2.57. The first-order valence-corrected chi connectivity index (χ1v) is 11.3. The quantitative estimate of drug-likeness (QED) is 0.407. The zero-order valence-corrected chi connectivity index (χ0v) is 18.5. The maximum atomic E-state index is 13.5. The smallest absolute Gasteiger partial charge is 0.255 e. The Hall–Kier alpha value is -3.14. The second kappa shape index (κ2) is 7.18. The Morgan fingerprint density at radius 3 is 2.48 bits per heavy atom. The van der Waals surface area contributed by atoms with E-state index in [0.29, 0.717) is 9.90 Å². The third kappa shape index (κ3) is 2.89. The summed E-state index contributed by atoms with van der Waals surface area (Å²) in [6.45, 7) is 0. The van der Waals surface area contributed by atoms with Crippen LogP contribution in [0.2, 0.25) is 4.34 Å². The molecular weight excluding hydrogens is 470 g/mol. The fourth-order valence-electron chi connectivity index (χ4n) is 5.31. The Morgan fingerprint density at radius 2 is 1.85 bits per heavy atom. The van der Waals surface area contributed by atoms with Crippen molar-refractivity contribution in [1.29, 1.82) is 0 Å². The first-order chi connectivity index (χ1) is 15.6. The number of nitrogens with two attached hydrogens (primary N) is 1. The van der Waals surface area contributed by atoms with E-state index < -0.39 is 52.0 Å². The number of phenols is 1. The number of primary amides is 1. The van der Waals surface area contributed by atoms with Gasteiger partial charge in [0.25, 0.3) is 5.91 Å². The Labute approximate surface area is 196 Å². The molecule has 1 heterocycles. The van der Waals surface area contributed by atoms with Gasteiger partial charge < -0.3 is 26.2 Å².